The molecule has 0 heterocycles. The van der Waals surface area contributed by atoms with Crippen molar-refractivity contribution in [2.45, 2.75) is 80.1 Å². The molecule has 1 nitrogen and oxygen atoms in total. The van der Waals surface area contributed by atoms with Gasteiger partial charge in [-0.3, -0.25) is 5.73 Å². The van der Waals surface area contributed by atoms with E-state index in [1.807, 2.05) is 0 Å². The predicted molar refractivity (Wildman–Crippen MR) is 67.9 cm³/mol. The topological polar surface area (TPSA) is 26.0 Å². The number of hydrogen-bond donors (Lipinski definition) is 1. The van der Waals surface area contributed by atoms with Crippen LogP contribution in [-0.4, -0.2) is 48.0 Å². The first-order chi connectivity index (χ1) is 12.9. The zero-order chi connectivity index (χ0) is 24.6. The van der Waals surface area contributed by atoms with Crippen molar-refractivity contribution in [3.63, 3.8) is 0 Å². The van der Waals surface area contributed by atoms with E-state index in [0.29, 0.717) is 0 Å². The summed E-state index contributed by atoms with van der Waals surface area (Å²) in [6.07, 6.45) is -17.0. The van der Waals surface area contributed by atoms with E-state index in [1.165, 1.54) is 0 Å². The lowest BCUT2D eigenvalue weighted by Gasteiger charge is -2.43. The second-order valence-corrected chi connectivity index (χ2v) is 6.21. The highest BCUT2D eigenvalue weighted by Gasteiger charge is 2.91. The summed E-state index contributed by atoms with van der Waals surface area (Å²) in [4.78, 5) is 0. The molecule has 0 aromatic rings. The van der Waals surface area contributed by atoms with Crippen LogP contribution in [-0.2, 0) is 0 Å². The maximum Gasteiger partial charge on any atom is 0.428 e. The number of hydrogen-bond acceptors (Lipinski definition) is 1. The summed E-state index contributed by atoms with van der Waals surface area (Å²) in [5.41, 5.74) is -3.36. The summed E-state index contributed by atoms with van der Waals surface area (Å²) in [5, 5.41) is 0. The van der Waals surface area contributed by atoms with Gasteiger partial charge in [-0.1, -0.05) is 6.42 Å². The lowest BCUT2D eigenvalue weighted by Crippen LogP contribution is -2.74. The zero-order valence-corrected chi connectivity index (χ0v) is 14.2. The van der Waals surface area contributed by atoms with Crippen LogP contribution in [0.5, 0.6) is 0 Å². The second kappa shape index (κ2) is 8.41. The molecule has 0 bridgehead atoms. The van der Waals surface area contributed by atoms with Gasteiger partial charge in [-0.05, 0) is 19.3 Å². The third-order valence-corrected chi connectivity index (χ3v) is 3.99. The van der Waals surface area contributed by atoms with Gasteiger partial charge in [-0.25, -0.2) is 13.2 Å². The Morgan fingerprint density at radius 1 is 0.533 bits per heavy atom. The molecule has 0 aliphatic heterocycles. The van der Waals surface area contributed by atoms with Gasteiger partial charge in [-0.15, -0.1) is 0 Å². The molecule has 0 aliphatic carbocycles. The van der Waals surface area contributed by atoms with Crippen LogP contribution < -0.4 is 5.73 Å². The molecule has 1 unspecified atom stereocenters. The van der Waals surface area contributed by atoms with Gasteiger partial charge in [0.1, 0.15) is 0 Å². The van der Waals surface area contributed by atoms with E-state index in [-0.39, 0.29) is 0 Å². The van der Waals surface area contributed by atoms with Crippen molar-refractivity contribution in [3.8, 4) is 0 Å². The summed E-state index contributed by atoms with van der Waals surface area (Å²) in [6, 6.07) is -6.62. The fourth-order valence-corrected chi connectivity index (χ4v) is 2.17. The smallest absolute Gasteiger partial charge is 0.267 e. The monoisotopic (exact) mass is 487 g/mol. The Morgan fingerprint density at radius 3 is 1.27 bits per heavy atom. The van der Waals surface area contributed by atoms with Crippen molar-refractivity contribution in [1.29, 1.82) is 0 Å². The molecule has 0 aromatic heterocycles. The normalized spacial score (nSPS) is 17.4. The molecule has 0 fully saturated rings. The van der Waals surface area contributed by atoms with Gasteiger partial charge >= 0.3 is 35.9 Å². The molecule has 2 N–H and O–H groups in total. The van der Waals surface area contributed by atoms with Crippen molar-refractivity contribution in [2.24, 2.45) is 5.73 Å². The first-order valence-corrected chi connectivity index (χ1v) is 7.63. The van der Waals surface area contributed by atoms with Gasteiger partial charge < -0.3 is 0 Å². The van der Waals surface area contributed by atoms with E-state index in [4.69, 9.17) is 0 Å². The minimum absolute atomic E-state index is 0.721. The Kier molecular flexibility index (Phi) is 8.08. The fourth-order valence-electron chi connectivity index (χ4n) is 2.17. The minimum Gasteiger partial charge on any atom is -0.267 e. The summed E-state index contributed by atoms with van der Waals surface area (Å²) in [6.45, 7) is 0. The molecule has 0 amide bonds. The molecular formula is C13H13F16N. The van der Waals surface area contributed by atoms with Gasteiger partial charge in [0.2, 0.25) is 6.43 Å². The van der Waals surface area contributed by atoms with Crippen molar-refractivity contribution in [2.75, 3.05) is 0 Å². The molecule has 182 valence electrons. The second-order valence-electron chi connectivity index (χ2n) is 6.21. The minimum atomic E-state index is -8.03. The predicted octanol–water partition coefficient (Wildman–Crippen LogP) is 6.57. The molecule has 0 saturated carbocycles. The highest BCUT2D eigenvalue weighted by atomic mass is 19.4. The van der Waals surface area contributed by atoms with Gasteiger partial charge in [0.15, 0.2) is 0 Å². The molecular weight excluding hydrogens is 474 g/mol. The van der Waals surface area contributed by atoms with Gasteiger partial charge in [0.05, 0.1) is 0 Å². The first kappa shape index (κ1) is 28.8. The summed E-state index contributed by atoms with van der Waals surface area (Å²) < 4.78 is 208. The van der Waals surface area contributed by atoms with Gasteiger partial charge in [-0.2, -0.15) is 57.1 Å². The van der Waals surface area contributed by atoms with E-state index in [0.717, 1.165) is 0 Å². The molecule has 0 spiro atoms. The maximum atomic E-state index is 14.1. The molecule has 0 aromatic carbocycles. The van der Waals surface area contributed by atoms with Gasteiger partial charge in [0, 0.05) is 6.42 Å². The van der Waals surface area contributed by atoms with E-state index in [1.54, 1.807) is 0 Å². The van der Waals surface area contributed by atoms with E-state index in [2.05, 4.69) is 5.73 Å². The highest BCUT2D eigenvalue weighted by Crippen LogP contribution is 2.62. The molecule has 0 saturated heterocycles. The zero-order valence-electron chi connectivity index (χ0n) is 14.2. The summed E-state index contributed by atoms with van der Waals surface area (Å²) >= 11 is 0. The number of alkyl halides is 16. The Labute approximate surface area is 157 Å². The van der Waals surface area contributed by atoms with Crippen molar-refractivity contribution in [3.05, 3.63) is 0 Å². The number of unbranched alkanes of at least 4 members (excludes halogenated alkanes) is 2. The molecule has 0 aliphatic rings. The number of halogens is 16. The number of nitrogens with two attached hydrogens (primary N) is 1. The van der Waals surface area contributed by atoms with E-state index < -0.39 is 80.1 Å². The van der Waals surface area contributed by atoms with Gasteiger partial charge in [0.25, 0.3) is 5.67 Å². The van der Waals surface area contributed by atoms with Crippen LogP contribution in [0, 0.1) is 0 Å². The van der Waals surface area contributed by atoms with Crippen molar-refractivity contribution < 1.29 is 70.2 Å². The molecule has 1 atom stereocenters. The van der Waals surface area contributed by atoms with Crippen LogP contribution in [0.4, 0.5) is 70.2 Å². The van der Waals surface area contributed by atoms with Crippen LogP contribution in [0.1, 0.15) is 32.1 Å². The van der Waals surface area contributed by atoms with Crippen LogP contribution in [0.2, 0.25) is 0 Å². The third kappa shape index (κ3) is 4.69. The summed E-state index contributed by atoms with van der Waals surface area (Å²) in [7, 11) is 0. The van der Waals surface area contributed by atoms with Crippen molar-refractivity contribution >= 4 is 0 Å². The van der Waals surface area contributed by atoms with Crippen LogP contribution in [0.3, 0.4) is 0 Å². The average Bonchev–Trinajstić information content (AvgIpc) is 2.50. The number of rotatable bonds is 11. The van der Waals surface area contributed by atoms with Crippen LogP contribution in [0.25, 0.3) is 0 Å². The van der Waals surface area contributed by atoms with Crippen LogP contribution >= 0.6 is 0 Å². The first-order valence-electron chi connectivity index (χ1n) is 7.63. The lowest BCUT2D eigenvalue weighted by molar-refractivity contribution is -0.433. The van der Waals surface area contributed by atoms with E-state index >= 15 is 0 Å². The SMILES string of the molecule is NC(F)(F)C(F)(F)C(F)(F)C(F)(F)C(F)(F)C(F)(CCCCCC(F)F)C(F)(F)F. The quantitative estimate of drug-likeness (QED) is 0.199. The molecule has 0 rings (SSSR count). The lowest BCUT2D eigenvalue weighted by atomic mass is 9.82. The Balaban J connectivity index is 6.17. The third-order valence-electron chi connectivity index (χ3n) is 3.99. The fraction of sp³-hybridized carbons (Fsp3) is 1.00. The standard InChI is InChI=1S/C13H13F16N/c14-6(15)4-2-1-3-5-7(16,12(25,26)27)8(17,18)9(19,20)10(21,22)11(23,24)13(28,29)30/h6H,1-5,30H2. The molecule has 0 radical (unpaired) electrons. The van der Waals surface area contributed by atoms with Crippen LogP contribution in [0.15, 0.2) is 0 Å². The highest BCUT2D eigenvalue weighted by molar-refractivity contribution is 5.15. The van der Waals surface area contributed by atoms with Crippen molar-refractivity contribution in [1.82, 2.24) is 0 Å². The summed E-state index contributed by atoms with van der Waals surface area (Å²) in [5.74, 6) is -31.2. The maximum absolute atomic E-state index is 14.1. The van der Waals surface area contributed by atoms with E-state index in [9.17, 15) is 70.2 Å². The Hall–Kier alpha value is -1.16. The molecule has 17 heteroatoms. The Bertz CT molecular complexity index is 562. The average molecular weight is 487 g/mol. The Morgan fingerprint density at radius 2 is 0.933 bits per heavy atom. The molecule has 30 heavy (non-hydrogen) atoms. The largest absolute Gasteiger partial charge is 0.428 e.